The summed E-state index contributed by atoms with van der Waals surface area (Å²) in [6.45, 7) is 9.09. The number of hydrogen-bond donors (Lipinski definition) is 2. The molecule has 2 N–H and O–H groups in total. The number of carbonyl (C=O) groups is 1. The highest BCUT2D eigenvalue weighted by atomic mass is 16.2. The van der Waals surface area contributed by atoms with Crippen LogP contribution in [0.15, 0.2) is 35.3 Å². The maximum absolute atomic E-state index is 12.4. The Morgan fingerprint density at radius 3 is 2.64 bits per heavy atom. The Labute approximate surface area is 169 Å². The Kier molecular flexibility index (Phi) is 7.71. The summed E-state index contributed by atoms with van der Waals surface area (Å²) in [6.07, 6.45) is 4.55. The molecule has 2 saturated heterocycles. The minimum atomic E-state index is 0.141. The van der Waals surface area contributed by atoms with Crippen LogP contribution >= 0.6 is 0 Å². The van der Waals surface area contributed by atoms with Gasteiger partial charge in [-0.05, 0) is 45.1 Å². The molecule has 2 aliphatic rings. The minimum absolute atomic E-state index is 0.141. The molecule has 2 unspecified atom stereocenters. The van der Waals surface area contributed by atoms with Gasteiger partial charge in [0.2, 0.25) is 5.91 Å². The normalized spacial score (nSPS) is 23.6. The number of carbonyl (C=O) groups excluding carboxylic acids is 1. The maximum atomic E-state index is 12.4. The number of likely N-dealkylation sites (tertiary alicyclic amines) is 2. The Bertz CT molecular complexity index is 642. The first kappa shape index (κ1) is 20.6. The fourth-order valence-electron chi connectivity index (χ4n) is 4.14. The summed E-state index contributed by atoms with van der Waals surface area (Å²) < 4.78 is 0. The van der Waals surface area contributed by atoms with Gasteiger partial charge in [-0.1, -0.05) is 30.3 Å². The minimum Gasteiger partial charge on any atom is -0.357 e. The third-order valence-corrected chi connectivity index (χ3v) is 5.70. The Morgan fingerprint density at radius 2 is 1.93 bits per heavy atom. The maximum Gasteiger partial charge on any atom is 0.244 e. The predicted molar refractivity (Wildman–Crippen MR) is 114 cm³/mol. The van der Waals surface area contributed by atoms with Crippen molar-refractivity contribution in [2.45, 2.75) is 58.2 Å². The second-order valence-electron chi connectivity index (χ2n) is 7.98. The van der Waals surface area contributed by atoms with Crippen molar-refractivity contribution in [3.8, 4) is 0 Å². The molecule has 3 rings (SSSR count). The molecule has 0 bridgehead atoms. The number of hydrogen-bond acceptors (Lipinski definition) is 3. The van der Waals surface area contributed by atoms with E-state index in [1.54, 1.807) is 0 Å². The van der Waals surface area contributed by atoms with Gasteiger partial charge >= 0.3 is 0 Å². The van der Waals surface area contributed by atoms with Crippen LogP contribution in [-0.2, 0) is 11.3 Å². The molecule has 1 aromatic carbocycles. The Balaban J connectivity index is 1.52. The SMILES string of the molecule is CCNC(=NCC(=O)N1CCCCC1)NC1CC(C)N(Cc2ccccc2)C1. The molecule has 0 spiro atoms. The molecule has 2 fully saturated rings. The Morgan fingerprint density at radius 1 is 1.18 bits per heavy atom. The van der Waals surface area contributed by atoms with Gasteiger partial charge in [-0.25, -0.2) is 4.99 Å². The van der Waals surface area contributed by atoms with Gasteiger partial charge in [0.05, 0.1) is 0 Å². The molecule has 2 atom stereocenters. The van der Waals surface area contributed by atoms with Crippen LogP contribution in [0, 0.1) is 0 Å². The third-order valence-electron chi connectivity index (χ3n) is 5.70. The molecule has 0 aliphatic carbocycles. The molecule has 0 saturated carbocycles. The lowest BCUT2D eigenvalue weighted by molar-refractivity contribution is -0.130. The zero-order valence-electron chi connectivity index (χ0n) is 17.4. The highest BCUT2D eigenvalue weighted by Gasteiger charge is 2.29. The van der Waals surface area contributed by atoms with Gasteiger partial charge in [0, 0.05) is 44.8 Å². The number of aliphatic imine (C=N–C) groups is 1. The highest BCUT2D eigenvalue weighted by molar-refractivity contribution is 5.85. The zero-order chi connectivity index (χ0) is 19.8. The molecule has 6 heteroatoms. The van der Waals surface area contributed by atoms with Gasteiger partial charge < -0.3 is 15.5 Å². The summed E-state index contributed by atoms with van der Waals surface area (Å²) in [5.41, 5.74) is 1.35. The number of amides is 1. The van der Waals surface area contributed by atoms with E-state index in [4.69, 9.17) is 0 Å². The molecular formula is C22H35N5O. The second kappa shape index (κ2) is 10.5. The van der Waals surface area contributed by atoms with E-state index in [-0.39, 0.29) is 12.5 Å². The number of rotatable bonds is 6. The quantitative estimate of drug-likeness (QED) is 0.582. The molecule has 154 valence electrons. The van der Waals surface area contributed by atoms with Crippen molar-refractivity contribution < 1.29 is 4.79 Å². The first-order valence-corrected chi connectivity index (χ1v) is 10.8. The molecule has 2 heterocycles. The third kappa shape index (κ3) is 5.96. The predicted octanol–water partition coefficient (Wildman–Crippen LogP) is 2.22. The summed E-state index contributed by atoms with van der Waals surface area (Å²) in [6, 6.07) is 11.5. The largest absolute Gasteiger partial charge is 0.357 e. The van der Waals surface area contributed by atoms with Gasteiger partial charge in [0.1, 0.15) is 6.54 Å². The van der Waals surface area contributed by atoms with Crippen molar-refractivity contribution in [3.05, 3.63) is 35.9 Å². The van der Waals surface area contributed by atoms with Crippen LogP contribution in [0.3, 0.4) is 0 Å². The number of nitrogens with one attached hydrogen (secondary N) is 2. The second-order valence-corrected chi connectivity index (χ2v) is 7.98. The highest BCUT2D eigenvalue weighted by Crippen LogP contribution is 2.20. The molecule has 0 aromatic heterocycles. The standard InChI is InChI=1S/C22H35N5O/c1-3-23-22(24-15-21(28)26-12-8-5-9-13-26)25-20-14-18(2)27(17-20)16-19-10-6-4-7-11-19/h4,6-7,10-11,18,20H,3,5,8-9,12-17H2,1-2H3,(H2,23,24,25). The van der Waals surface area contributed by atoms with Gasteiger partial charge in [0.25, 0.3) is 0 Å². The number of guanidine groups is 1. The molecule has 6 nitrogen and oxygen atoms in total. The van der Waals surface area contributed by atoms with Gasteiger partial charge in [-0.2, -0.15) is 0 Å². The van der Waals surface area contributed by atoms with Crippen LogP contribution in [0.4, 0.5) is 0 Å². The van der Waals surface area contributed by atoms with Crippen molar-refractivity contribution in [2.24, 2.45) is 4.99 Å². The van der Waals surface area contributed by atoms with E-state index in [1.165, 1.54) is 12.0 Å². The topological polar surface area (TPSA) is 60.0 Å². The average Bonchev–Trinajstić information content (AvgIpc) is 3.06. The van der Waals surface area contributed by atoms with Crippen LogP contribution in [0.25, 0.3) is 0 Å². The first-order valence-electron chi connectivity index (χ1n) is 10.8. The van der Waals surface area contributed by atoms with E-state index in [0.717, 1.165) is 57.9 Å². The van der Waals surface area contributed by atoms with E-state index < -0.39 is 0 Å². The van der Waals surface area contributed by atoms with Crippen molar-refractivity contribution in [2.75, 3.05) is 32.7 Å². The van der Waals surface area contributed by atoms with Gasteiger partial charge in [-0.3, -0.25) is 9.69 Å². The van der Waals surface area contributed by atoms with Crippen LogP contribution in [0.1, 0.15) is 45.1 Å². The smallest absolute Gasteiger partial charge is 0.244 e. The lowest BCUT2D eigenvalue weighted by Crippen LogP contribution is -2.45. The molecular weight excluding hydrogens is 350 g/mol. The van der Waals surface area contributed by atoms with Crippen molar-refractivity contribution in [3.63, 3.8) is 0 Å². The summed E-state index contributed by atoms with van der Waals surface area (Å²) in [5.74, 6) is 0.897. The molecule has 1 amide bonds. The fraction of sp³-hybridized carbons (Fsp3) is 0.636. The molecule has 1 aromatic rings. The van der Waals surface area contributed by atoms with Crippen LogP contribution < -0.4 is 10.6 Å². The van der Waals surface area contributed by atoms with Crippen LogP contribution in [0.2, 0.25) is 0 Å². The van der Waals surface area contributed by atoms with E-state index in [2.05, 4.69) is 64.7 Å². The fourth-order valence-corrected chi connectivity index (χ4v) is 4.14. The number of benzene rings is 1. The van der Waals surface area contributed by atoms with E-state index >= 15 is 0 Å². The van der Waals surface area contributed by atoms with E-state index in [0.29, 0.717) is 12.1 Å². The summed E-state index contributed by atoms with van der Waals surface area (Å²) in [7, 11) is 0. The lowest BCUT2D eigenvalue weighted by atomic mass is 10.1. The first-order chi connectivity index (χ1) is 13.7. The Hall–Kier alpha value is -2.08. The van der Waals surface area contributed by atoms with Crippen molar-refractivity contribution >= 4 is 11.9 Å². The number of piperidine rings is 1. The molecule has 28 heavy (non-hydrogen) atoms. The average molecular weight is 386 g/mol. The van der Waals surface area contributed by atoms with Crippen molar-refractivity contribution in [1.29, 1.82) is 0 Å². The van der Waals surface area contributed by atoms with Gasteiger partial charge in [0.15, 0.2) is 5.96 Å². The lowest BCUT2D eigenvalue weighted by Gasteiger charge is -2.26. The monoisotopic (exact) mass is 385 g/mol. The summed E-state index contributed by atoms with van der Waals surface area (Å²) >= 11 is 0. The van der Waals surface area contributed by atoms with E-state index in [1.807, 2.05) is 4.90 Å². The van der Waals surface area contributed by atoms with Crippen molar-refractivity contribution in [1.82, 2.24) is 20.4 Å². The van der Waals surface area contributed by atoms with Crippen LogP contribution in [0.5, 0.6) is 0 Å². The number of nitrogens with zero attached hydrogens (tertiary/aromatic N) is 3. The zero-order valence-corrected chi connectivity index (χ0v) is 17.4. The molecule has 0 radical (unpaired) electrons. The van der Waals surface area contributed by atoms with Gasteiger partial charge in [-0.15, -0.1) is 0 Å². The molecule has 2 aliphatic heterocycles. The summed E-state index contributed by atoms with van der Waals surface area (Å²) in [5, 5.41) is 6.84. The van der Waals surface area contributed by atoms with Crippen LogP contribution in [-0.4, -0.2) is 66.5 Å². The summed E-state index contributed by atoms with van der Waals surface area (Å²) in [4.78, 5) is 21.4. The van der Waals surface area contributed by atoms with E-state index in [9.17, 15) is 4.79 Å².